The van der Waals surface area contributed by atoms with E-state index < -0.39 is 0 Å². The van der Waals surface area contributed by atoms with E-state index in [0.717, 1.165) is 50.8 Å². The zero-order valence-electron chi connectivity index (χ0n) is 22.9. The number of anilines is 3. The van der Waals surface area contributed by atoms with Gasteiger partial charge in [-0.3, -0.25) is 0 Å². The molecule has 3 aromatic rings. The molecule has 39 heavy (non-hydrogen) atoms. The van der Waals surface area contributed by atoms with Crippen LogP contribution in [0.1, 0.15) is 68.1 Å². The van der Waals surface area contributed by atoms with Gasteiger partial charge in [0.2, 0.25) is 5.95 Å². The lowest BCUT2D eigenvalue weighted by atomic mass is 9.69. The van der Waals surface area contributed by atoms with E-state index in [-0.39, 0.29) is 5.41 Å². The van der Waals surface area contributed by atoms with Gasteiger partial charge in [-0.25, -0.2) is 0 Å². The standard InChI is InChI=1S/C32H40N6S/c39-31(33-24-32(17-8-2-9-18-32)27-14-4-1-5-15-27)36-30-34-28(37-19-10-3-11-20-37)22-29(35-30)38-21-16-25-12-6-7-13-26(25)23-38/h1,4-7,12-15,22H,2-3,8-11,16-21,23-24H2,(H2,33,34,35,36,39). The van der Waals surface area contributed by atoms with Crippen LogP contribution in [-0.2, 0) is 18.4 Å². The first kappa shape index (κ1) is 26.1. The van der Waals surface area contributed by atoms with Crippen molar-refractivity contribution in [2.24, 2.45) is 0 Å². The number of nitrogens with zero attached hydrogens (tertiary/aromatic N) is 4. The van der Waals surface area contributed by atoms with Crippen molar-refractivity contribution in [3.8, 4) is 0 Å². The third-order valence-corrected chi connectivity index (χ3v) is 9.09. The summed E-state index contributed by atoms with van der Waals surface area (Å²) in [5.74, 6) is 2.55. The van der Waals surface area contributed by atoms with E-state index in [1.54, 1.807) is 0 Å². The minimum Gasteiger partial charge on any atom is -0.361 e. The number of thiocarbonyl (C=S) groups is 1. The van der Waals surface area contributed by atoms with E-state index in [0.29, 0.717) is 11.1 Å². The SMILES string of the molecule is S=C(NCC1(c2ccccc2)CCCCC1)Nc1nc(N2CCCCC2)cc(N2CCc3ccccc3C2)n1. The first-order chi connectivity index (χ1) is 19.2. The first-order valence-electron chi connectivity index (χ1n) is 14.7. The first-order valence-corrected chi connectivity index (χ1v) is 15.2. The zero-order valence-corrected chi connectivity index (χ0v) is 23.7. The fourth-order valence-electron chi connectivity index (χ4n) is 6.60. The maximum atomic E-state index is 5.83. The molecular weight excluding hydrogens is 500 g/mol. The molecule has 0 unspecified atom stereocenters. The molecule has 3 aliphatic rings. The van der Waals surface area contributed by atoms with Crippen LogP contribution in [0.2, 0.25) is 0 Å². The van der Waals surface area contributed by atoms with Crippen molar-refractivity contribution in [1.82, 2.24) is 15.3 Å². The van der Waals surface area contributed by atoms with Crippen LogP contribution in [0.25, 0.3) is 0 Å². The summed E-state index contributed by atoms with van der Waals surface area (Å²) in [5, 5.41) is 7.54. The molecule has 2 N–H and O–H groups in total. The summed E-state index contributed by atoms with van der Waals surface area (Å²) in [7, 11) is 0. The maximum absolute atomic E-state index is 5.83. The van der Waals surface area contributed by atoms with Crippen LogP contribution in [0.15, 0.2) is 60.7 Å². The summed E-state index contributed by atoms with van der Waals surface area (Å²) in [6.07, 6.45) is 11.0. The molecule has 0 amide bonds. The molecule has 6 nitrogen and oxygen atoms in total. The summed E-state index contributed by atoms with van der Waals surface area (Å²) in [6.45, 7) is 4.73. The van der Waals surface area contributed by atoms with Crippen LogP contribution >= 0.6 is 12.2 Å². The van der Waals surface area contributed by atoms with E-state index >= 15 is 0 Å². The number of aromatic nitrogens is 2. The van der Waals surface area contributed by atoms with Crippen molar-refractivity contribution in [2.75, 3.05) is 41.3 Å². The highest BCUT2D eigenvalue weighted by Crippen LogP contribution is 2.39. The minimum absolute atomic E-state index is 0.119. The van der Waals surface area contributed by atoms with Crippen LogP contribution in [0.4, 0.5) is 17.6 Å². The van der Waals surface area contributed by atoms with E-state index in [9.17, 15) is 0 Å². The highest BCUT2D eigenvalue weighted by atomic mass is 32.1. The number of fused-ring (bicyclic) bond motifs is 1. The molecule has 1 aliphatic carbocycles. The van der Waals surface area contributed by atoms with Crippen LogP contribution in [0.3, 0.4) is 0 Å². The Morgan fingerprint density at radius 2 is 1.44 bits per heavy atom. The molecule has 1 saturated carbocycles. The smallest absolute Gasteiger partial charge is 0.232 e. The average Bonchev–Trinajstić information content (AvgIpc) is 3.01. The molecule has 7 heteroatoms. The average molecular weight is 541 g/mol. The Kier molecular flexibility index (Phi) is 7.95. The molecule has 3 heterocycles. The second-order valence-corrected chi connectivity index (χ2v) is 11.8. The van der Waals surface area contributed by atoms with Gasteiger partial charge >= 0.3 is 0 Å². The molecule has 0 radical (unpaired) electrons. The number of hydrogen-bond donors (Lipinski definition) is 2. The van der Waals surface area contributed by atoms with Gasteiger partial charge in [-0.1, -0.05) is 73.9 Å². The van der Waals surface area contributed by atoms with Gasteiger partial charge in [-0.15, -0.1) is 0 Å². The maximum Gasteiger partial charge on any atom is 0.232 e. The predicted molar refractivity (Wildman–Crippen MR) is 165 cm³/mol. The summed E-state index contributed by atoms with van der Waals surface area (Å²) in [4.78, 5) is 14.7. The van der Waals surface area contributed by atoms with E-state index in [1.807, 2.05) is 0 Å². The highest BCUT2D eigenvalue weighted by molar-refractivity contribution is 7.80. The Hall–Kier alpha value is -3.19. The number of hydrogen-bond acceptors (Lipinski definition) is 5. The topological polar surface area (TPSA) is 56.3 Å². The Morgan fingerprint density at radius 1 is 0.769 bits per heavy atom. The van der Waals surface area contributed by atoms with Crippen molar-refractivity contribution < 1.29 is 0 Å². The predicted octanol–water partition coefficient (Wildman–Crippen LogP) is 6.22. The van der Waals surface area contributed by atoms with Crippen molar-refractivity contribution in [1.29, 1.82) is 0 Å². The monoisotopic (exact) mass is 540 g/mol. The fourth-order valence-corrected chi connectivity index (χ4v) is 6.76. The lowest BCUT2D eigenvalue weighted by Gasteiger charge is -2.38. The van der Waals surface area contributed by atoms with E-state index in [4.69, 9.17) is 22.2 Å². The molecule has 6 rings (SSSR count). The molecule has 2 aromatic carbocycles. The quantitative estimate of drug-likeness (QED) is 0.360. The lowest BCUT2D eigenvalue weighted by molar-refractivity contribution is 0.292. The molecule has 0 bridgehead atoms. The Bertz CT molecular complexity index is 1270. The molecule has 1 saturated heterocycles. The van der Waals surface area contributed by atoms with Crippen molar-refractivity contribution in [3.05, 3.63) is 77.4 Å². The Labute approximate surface area is 238 Å². The van der Waals surface area contributed by atoms with Gasteiger partial charge in [-0.05, 0) is 67.4 Å². The van der Waals surface area contributed by atoms with Crippen molar-refractivity contribution in [3.63, 3.8) is 0 Å². The van der Waals surface area contributed by atoms with E-state index in [1.165, 1.54) is 68.1 Å². The van der Waals surface area contributed by atoms with Crippen LogP contribution in [-0.4, -0.2) is 41.3 Å². The molecule has 2 aliphatic heterocycles. The van der Waals surface area contributed by atoms with Gasteiger partial charge in [0.15, 0.2) is 5.11 Å². The molecular formula is C32H40N6S. The summed E-state index contributed by atoms with van der Waals surface area (Å²) in [6, 6.07) is 21.9. The number of piperidine rings is 1. The highest BCUT2D eigenvalue weighted by Gasteiger charge is 2.34. The number of benzene rings is 2. The fraction of sp³-hybridized carbons (Fsp3) is 0.469. The Morgan fingerprint density at radius 3 is 2.21 bits per heavy atom. The summed E-state index contributed by atoms with van der Waals surface area (Å²) in [5.41, 5.74) is 4.36. The number of rotatable bonds is 6. The van der Waals surface area contributed by atoms with E-state index in [2.05, 4.69) is 81.1 Å². The molecule has 0 spiro atoms. The third kappa shape index (κ3) is 6.03. The summed E-state index contributed by atoms with van der Waals surface area (Å²) >= 11 is 5.83. The largest absolute Gasteiger partial charge is 0.361 e. The normalized spacial score (nSPS) is 18.8. The molecule has 0 atom stereocenters. The number of nitrogens with one attached hydrogen (secondary N) is 2. The van der Waals surface area contributed by atoms with Gasteiger partial charge < -0.3 is 20.4 Å². The third-order valence-electron chi connectivity index (χ3n) is 8.84. The molecule has 2 fully saturated rings. The second-order valence-electron chi connectivity index (χ2n) is 11.4. The van der Waals surface area contributed by atoms with Gasteiger partial charge in [0.25, 0.3) is 0 Å². The zero-order chi connectivity index (χ0) is 26.5. The molecule has 1 aromatic heterocycles. The molecule has 204 valence electrons. The lowest BCUT2D eigenvalue weighted by Crippen LogP contribution is -2.43. The van der Waals surface area contributed by atoms with Gasteiger partial charge in [-0.2, -0.15) is 9.97 Å². The van der Waals surface area contributed by atoms with Gasteiger partial charge in [0, 0.05) is 44.2 Å². The van der Waals surface area contributed by atoms with Crippen LogP contribution < -0.4 is 20.4 Å². The van der Waals surface area contributed by atoms with Crippen LogP contribution in [0.5, 0.6) is 0 Å². The van der Waals surface area contributed by atoms with Gasteiger partial charge in [0.05, 0.1) is 0 Å². The second kappa shape index (κ2) is 11.9. The summed E-state index contributed by atoms with van der Waals surface area (Å²) < 4.78 is 0. The minimum atomic E-state index is 0.119. The van der Waals surface area contributed by atoms with Crippen molar-refractivity contribution in [2.45, 2.75) is 69.7 Å². The Balaban J connectivity index is 1.21. The van der Waals surface area contributed by atoms with Crippen molar-refractivity contribution >= 4 is 34.9 Å². The van der Waals surface area contributed by atoms with Gasteiger partial charge in [0.1, 0.15) is 11.6 Å². The van der Waals surface area contributed by atoms with Crippen LogP contribution in [0, 0.1) is 0 Å².